The highest BCUT2D eigenvalue weighted by Crippen LogP contribution is 1.87. The summed E-state index contributed by atoms with van der Waals surface area (Å²) in [7, 11) is 0. The van der Waals surface area contributed by atoms with Crippen molar-refractivity contribution in [2.75, 3.05) is 125 Å². The van der Waals surface area contributed by atoms with E-state index >= 15 is 0 Å². The van der Waals surface area contributed by atoms with Crippen LogP contribution in [-0.4, -0.2) is 136 Å². The zero-order valence-electron chi connectivity index (χ0n) is 19.6. The summed E-state index contributed by atoms with van der Waals surface area (Å²) in [5.74, 6) is -0.154. The van der Waals surface area contributed by atoms with Crippen LogP contribution in [0.4, 0.5) is 0 Å². The lowest BCUT2D eigenvalue weighted by atomic mass is 10.5. The van der Waals surface area contributed by atoms with Crippen molar-refractivity contribution >= 4 is 18.6 Å². The molecule has 0 aromatic rings. The van der Waals surface area contributed by atoms with Crippen molar-refractivity contribution in [1.82, 2.24) is 0 Å². The molecule has 0 bridgehead atoms. The topological polar surface area (TPSA) is 120 Å². The van der Waals surface area contributed by atoms with Gasteiger partial charge >= 0.3 is 5.97 Å². The average molecular weight is 503 g/mol. The van der Waals surface area contributed by atoms with Gasteiger partial charge in [-0.2, -0.15) is 12.6 Å². The van der Waals surface area contributed by atoms with Gasteiger partial charge in [-0.25, -0.2) is 0 Å². The molecule has 12 heteroatoms. The minimum absolute atomic E-state index is 0.00314. The molecule has 0 saturated carbocycles. The number of ether oxygens (including phenoxy) is 9. The number of rotatable bonds is 29. The van der Waals surface area contributed by atoms with Crippen LogP contribution < -0.4 is 0 Å². The third-order valence-electron chi connectivity index (χ3n) is 3.67. The average Bonchev–Trinajstić information content (AvgIpc) is 2.80. The molecular weight excluding hydrogens is 460 g/mol. The zero-order chi connectivity index (χ0) is 24.1. The van der Waals surface area contributed by atoms with Crippen LogP contribution in [0.3, 0.4) is 0 Å². The SMILES string of the molecule is O=C(O)CCOCCOCCOCCOCCOCCOCCOCCOCCOCCS. The van der Waals surface area contributed by atoms with Crippen LogP contribution in [0.1, 0.15) is 6.42 Å². The number of carboxylic acid groups (broad SMARTS) is 1. The number of carbonyl (C=O) groups is 1. The second-order valence-corrected chi connectivity index (χ2v) is 6.83. The first-order valence-corrected chi connectivity index (χ1v) is 11.9. The van der Waals surface area contributed by atoms with Gasteiger partial charge in [0.2, 0.25) is 0 Å². The highest BCUT2D eigenvalue weighted by molar-refractivity contribution is 7.80. The molecule has 0 unspecified atom stereocenters. The lowest BCUT2D eigenvalue weighted by Crippen LogP contribution is -2.15. The van der Waals surface area contributed by atoms with E-state index in [9.17, 15) is 4.79 Å². The summed E-state index contributed by atoms with van der Waals surface area (Å²) in [6.07, 6.45) is 0.00314. The molecule has 0 aromatic carbocycles. The van der Waals surface area contributed by atoms with E-state index in [1.807, 2.05) is 0 Å². The fourth-order valence-electron chi connectivity index (χ4n) is 2.09. The first-order valence-electron chi connectivity index (χ1n) is 11.3. The standard InChI is InChI=1S/C21H42O11S/c22-21(23)1-2-24-3-4-25-5-6-26-7-8-27-9-10-28-11-12-29-13-14-30-15-16-31-17-18-32-19-20-33/h33H,1-20H2,(H,22,23). The molecule has 0 saturated heterocycles. The fourth-order valence-corrected chi connectivity index (χ4v) is 2.21. The van der Waals surface area contributed by atoms with Gasteiger partial charge < -0.3 is 47.7 Å². The van der Waals surface area contributed by atoms with Gasteiger partial charge in [-0.05, 0) is 0 Å². The maximum atomic E-state index is 10.3. The molecule has 0 radical (unpaired) electrons. The molecule has 0 amide bonds. The van der Waals surface area contributed by atoms with Gasteiger partial charge in [0.25, 0.3) is 0 Å². The minimum Gasteiger partial charge on any atom is -0.481 e. The van der Waals surface area contributed by atoms with Crippen molar-refractivity contribution in [3.63, 3.8) is 0 Å². The number of thiol groups is 1. The lowest BCUT2D eigenvalue weighted by molar-refractivity contribution is -0.138. The molecule has 0 aromatic heterocycles. The first-order chi connectivity index (χ1) is 16.3. The summed E-state index contributed by atoms with van der Waals surface area (Å²) in [4.78, 5) is 10.3. The van der Waals surface area contributed by atoms with Crippen LogP contribution in [0.5, 0.6) is 0 Å². The van der Waals surface area contributed by atoms with Crippen molar-refractivity contribution in [2.45, 2.75) is 6.42 Å². The second kappa shape index (κ2) is 29.5. The number of hydrogen-bond donors (Lipinski definition) is 2. The molecule has 0 heterocycles. The van der Waals surface area contributed by atoms with E-state index in [2.05, 4.69) is 12.6 Å². The largest absolute Gasteiger partial charge is 0.481 e. The van der Waals surface area contributed by atoms with Crippen molar-refractivity contribution in [3.8, 4) is 0 Å². The first kappa shape index (κ1) is 32.5. The molecule has 198 valence electrons. The van der Waals surface area contributed by atoms with E-state index < -0.39 is 5.97 Å². The number of aliphatic carboxylic acids is 1. The van der Waals surface area contributed by atoms with Gasteiger partial charge in [0.15, 0.2) is 0 Å². The molecule has 0 aliphatic heterocycles. The molecular formula is C21H42O11S. The van der Waals surface area contributed by atoms with E-state index in [1.54, 1.807) is 0 Å². The Morgan fingerprint density at radius 1 is 0.424 bits per heavy atom. The highest BCUT2D eigenvalue weighted by atomic mass is 32.1. The van der Waals surface area contributed by atoms with Crippen molar-refractivity contribution in [1.29, 1.82) is 0 Å². The Bertz CT molecular complexity index is 391. The normalized spacial score (nSPS) is 11.3. The summed E-state index contributed by atoms with van der Waals surface area (Å²) in [6.45, 7) is 8.79. The maximum absolute atomic E-state index is 10.3. The van der Waals surface area contributed by atoms with Crippen LogP contribution in [0.25, 0.3) is 0 Å². The molecule has 0 spiro atoms. The Morgan fingerprint density at radius 2 is 0.636 bits per heavy atom. The van der Waals surface area contributed by atoms with E-state index in [-0.39, 0.29) is 13.0 Å². The number of carboxylic acids is 1. The van der Waals surface area contributed by atoms with Gasteiger partial charge in [-0.3, -0.25) is 4.79 Å². The monoisotopic (exact) mass is 502 g/mol. The Morgan fingerprint density at radius 3 is 0.848 bits per heavy atom. The predicted molar refractivity (Wildman–Crippen MR) is 123 cm³/mol. The van der Waals surface area contributed by atoms with Gasteiger partial charge in [-0.15, -0.1) is 0 Å². The molecule has 0 rings (SSSR count). The lowest BCUT2D eigenvalue weighted by Gasteiger charge is -2.08. The molecule has 0 atom stereocenters. The molecule has 0 aliphatic rings. The number of hydrogen-bond acceptors (Lipinski definition) is 11. The fraction of sp³-hybridized carbons (Fsp3) is 0.952. The third kappa shape index (κ3) is 31.5. The Labute approximate surface area is 202 Å². The van der Waals surface area contributed by atoms with Gasteiger partial charge in [0.1, 0.15) is 0 Å². The van der Waals surface area contributed by atoms with Crippen LogP contribution >= 0.6 is 12.6 Å². The van der Waals surface area contributed by atoms with Gasteiger partial charge in [0, 0.05) is 5.75 Å². The minimum atomic E-state index is -0.870. The summed E-state index contributed by atoms with van der Waals surface area (Å²) >= 11 is 4.05. The molecule has 0 fully saturated rings. The highest BCUT2D eigenvalue weighted by Gasteiger charge is 1.97. The summed E-state index contributed by atoms with van der Waals surface area (Å²) < 4.78 is 48.0. The summed E-state index contributed by atoms with van der Waals surface area (Å²) in [5, 5.41) is 8.45. The zero-order valence-corrected chi connectivity index (χ0v) is 20.5. The Balaban J connectivity index is 3.01. The third-order valence-corrected chi connectivity index (χ3v) is 3.85. The van der Waals surface area contributed by atoms with E-state index in [0.717, 1.165) is 0 Å². The van der Waals surface area contributed by atoms with E-state index in [1.165, 1.54) is 0 Å². The quantitative estimate of drug-likeness (QED) is 0.110. The van der Waals surface area contributed by atoms with E-state index in [0.29, 0.717) is 118 Å². The predicted octanol–water partition coefficient (Wildman–Crippen LogP) is 0.540. The summed E-state index contributed by atoms with van der Waals surface area (Å²) in [5.41, 5.74) is 0. The smallest absolute Gasteiger partial charge is 0.305 e. The second-order valence-electron chi connectivity index (χ2n) is 6.38. The van der Waals surface area contributed by atoms with Crippen molar-refractivity contribution in [2.24, 2.45) is 0 Å². The summed E-state index contributed by atoms with van der Waals surface area (Å²) in [6, 6.07) is 0. The molecule has 11 nitrogen and oxygen atoms in total. The molecule has 0 aliphatic carbocycles. The van der Waals surface area contributed by atoms with Crippen molar-refractivity contribution in [3.05, 3.63) is 0 Å². The molecule has 1 N–H and O–H groups in total. The van der Waals surface area contributed by atoms with Crippen LogP contribution in [0, 0.1) is 0 Å². The van der Waals surface area contributed by atoms with Crippen LogP contribution in [0.2, 0.25) is 0 Å². The maximum Gasteiger partial charge on any atom is 0.305 e. The Hall–Kier alpha value is -0.540. The van der Waals surface area contributed by atoms with Gasteiger partial charge in [0.05, 0.1) is 125 Å². The van der Waals surface area contributed by atoms with Gasteiger partial charge in [-0.1, -0.05) is 0 Å². The van der Waals surface area contributed by atoms with E-state index in [4.69, 9.17) is 47.7 Å². The van der Waals surface area contributed by atoms with Crippen LogP contribution in [-0.2, 0) is 47.4 Å². The van der Waals surface area contributed by atoms with Crippen LogP contribution in [0.15, 0.2) is 0 Å². The Kier molecular flexibility index (Phi) is 29.0. The van der Waals surface area contributed by atoms with Crippen molar-refractivity contribution < 1.29 is 52.5 Å². The molecule has 33 heavy (non-hydrogen) atoms.